The van der Waals surface area contributed by atoms with E-state index >= 15 is 0 Å². The molecular weight excluding hydrogens is 412 g/mol. The summed E-state index contributed by atoms with van der Waals surface area (Å²) < 4.78 is 0. The number of fused-ring (bicyclic) bond motifs is 1. The van der Waals surface area contributed by atoms with Crippen LogP contribution in [0.15, 0.2) is 24.3 Å². The number of nitrogens with zero attached hydrogens (tertiary/aromatic N) is 1. The number of rotatable bonds is 4. The Kier molecular flexibility index (Phi) is 4.55. The van der Waals surface area contributed by atoms with Crippen molar-refractivity contribution >= 4 is 6.29 Å². The molecule has 3 saturated heterocycles. The van der Waals surface area contributed by atoms with Crippen LogP contribution >= 0.6 is 0 Å². The van der Waals surface area contributed by atoms with Crippen molar-refractivity contribution in [3.05, 3.63) is 35.4 Å². The Morgan fingerprint density at radius 3 is 2.76 bits per heavy atom. The van der Waals surface area contributed by atoms with Gasteiger partial charge >= 0.3 is 0 Å². The van der Waals surface area contributed by atoms with Crippen molar-refractivity contribution in [1.82, 2.24) is 10.2 Å². The summed E-state index contributed by atoms with van der Waals surface area (Å²) >= 11 is 0. The van der Waals surface area contributed by atoms with Crippen molar-refractivity contribution in [3.8, 4) is 0 Å². The van der Waals surface area contributed by atoms with E-state index in [0.717, 1.165) is 32.1 Å². The number of hydrogen-bond acceptors (Lipinski definition) is 5. The molecule has 178 valence electrons. The van der Waals surface area contributed by atoms with E-state index in [1.807, 2.05) is 12.1 Å². The van der Waals surface area contributed by atoms with Gasteiger partial charge in [-0.05, 0) is 74.2 Å². The molecule has 1 aromatic rings. The van der Waals surface area contributed by atoms with Crippen LogP contribution in [-0.2, 0) is 0 Å². The average molecular weight is 451 g/mol. The van der Waals surface area contributed by atoms with Crippen LogP contribution in [0.4, 0.5) is 0 Å². The van der Waals surface area contributed by atoms with Gasteiger partial charge in [-0.3, -0.25) is 9.69 Å². The number of carbonyl (C=O) groups excluding carboxylic acids is 1. The molecule has 3 aliphatic heterocycles. The lowest BCUT2D eigenvalue weighted by Gasteiger charge is -2.47. The van der Waals surface area contributed by atoms with Crippen molar-refractivity contribution in [2.75, 3.05) is 6.54 Å². The minimum absolute atomic E-state index is 0.0928. The molecule has 0 radical (unpaired) electrons. The zero-order valence-electron chi connectivity index (χ0n) is 19.7. The molecular formula is C28H38N2O3. The molecule has 5 nitrogen and oxygen atoms in total. The highest BCUT2D eigenvalue weighted by atomic mass is 16.3. The molecule has 1 aromatic carbocycles. The second kappa shape index (κ2) is 7.13. The van der Waals surface area contributed by atoms with E-state index in [0.29, 0.717) is 47.4 Å². The maximum atomic E-state index is 11.6. The van der Waals surface area contributed by atoms with Gasteiger partial charge in [0.05, 0.1) is 6.10 Å². The second-order valence-electron chi connectivity index (χ2n) is 12.4. The minimum atomic E-state index is -0.662. The van der Waals surface area contributed by atoms with E-state index in [9.17, 15) is 15.0 Å². The summed E-state index contributed by atoms with van der Waals surface area (Å²) in [5.41, 5.74) is 1.40. The van der Waals surface area contributed by atoms with Gasteiger partial charge in [0.2, 0.25) is 0 Å². The molecule has 3 saturated carbocycles. The summed E-state index contributed by atoms with van der Waals surface area (Å²) in [6.45, 7) is 3.06. The average Bonchev–Trinajstić information content (AvgIpc) is 3.11. The van der Waals surface area contributed by atoms with Gasteiger partial charge in [0.25, 0.3) is 0 Å². The zero-order valence-corrected chi connectivity index (χ0v) is 19.7. The first kappa shape index (κ1) is 21.0. The first-order valence-electron chi connectivity index (χ1n) is 13.4. The first-order valence-corrected chi connectivity index (χ1v) is 13.4. The molecule has 0 aromatic heterocycles. The number of hydrogen-bond donors (Lipinski definition) is 3. The Morgan fingerprint density at radius 2 is 1.97 bits per heavy atom. The van der Waals surface area contributed by atoms with Crippen LogP contribution in [0.3, 0.4) is 0 Å². The third kappa shape index (κ3) is 2.77. The van der Waals surface area contributed by atoms with Gasteiger partial charge < -0.3 is 15.5 Å². The van der Waals surface area contributed by atoms with Gasteiger partial charge in [0.1, 0.15) is 12.0 Å². The van der Waals surface area contributed by atoms with Crippen LogP contribution in [0.2, 0.25) is 0 Å². The molecule has 1 spiro atoms. The zero-order chi connectivity index (χ0) is 22.5. The summed E-state index contributed by atoms with van der Waals surface area (Å²) in [7, 11) is 0. The topological polar surface area (TPSA) is 72.6 Å². The lowest BCUT2D eigenvalue weighted by atomic mass is 9.68. The van der Waals surface area contributed by atoms with Gasteiger partial charge in [0.15, 0.2) is 0 Å². The molecule has 4 bridgehead atoms. The molecule has 1 unspecified atom stereocenters. The van der Waals surface area contributed by atoms with Gasteiger partial charge in [0, 0.05) is 41.6 Å². The third-order valence-corrected chi connectivity index (χ3v) is 11.4. The van der Waals surface area contributed by atoms with E-state index in [1.165, 1.54) is 37.7 Å². The summed E-state index contributed by atoms with van der Waals surface area (Å²) in [5.74, 6) is 2.59. The normalized spacial score (nSPS) is 52.6. The highest BCUT2D eigenvalue weighted by Crippen LogP contribution is 2.64. The SMILES string of the molecule is C[C@H](c1ccc(C=O)cc1)[C@H]1C[C@@H]([C@H]2C[C@H]3CC[C@H]4CCC[C@]45[C@@H](O)C[C@H]3[C@@H]5N2)[C@@]2(O)CN12. The fourth-order valence-corrected chi connectivity index (χ4v) is 9.77. The minimum Gasteiger partial charge on any atom is -0.392 e. The maximum absolute atomic E-state index is 11.6. The predicted octanol–water partition coefficient (Wildman–Crippen LogP) is 3.30. The van der Waals surface area contributed by atoms with Crippen molar-refractivity contribution in [2.24, 2.45) is 29.1 Å². The Morgan fingerprint density at radius 1 is 1.15 bits per heavy atom. The van der Waals surface area contributed by atoms with Crippen molar-refractivity contribution < 1.29 is 15.0 Å². The maximum Gasteiger partial charge on any atom is 0.150 e. The smallest absolute Gasteiger partial charge is 0.150 e. The number of nitrogens with one attached hydrogen (secondary N) is 1. The van der Waals surface area contributed by atoms with Crippen LogP contribution in [0, 0.1) is 29.1 Å². The highest BCUT2D eigenvalue weighted by molar-refractivity contribution is 5.74. The molecule has 6 fully saturated rings. The molecule has 3 heterocycles. The number of aliphatic hydroxyl groups is 2. The monoisotopic (exact) mass is 450 g/mol. The van der Waals surface area contributed by atoms with E-state index < -0.39 is 5.72 Å². The fraction of sp³-hybridized carbons (Fsp3) is 0.750. The predicted molar refractivity (Wildman–Crippen MR) is 126 cm³/mol. The van der Waals surface area contributed by atoms with E-state index in [4.69, 9.17) is 0 Å². The van der Waals surface area contributed by atoms with Crippen molar-refractivity contribution in [1.29, 1.82) is 0 Å². The number of benzene rings is 1. The van der Waals surface area contributed by atoms with E-state index in [1.54, 1.807) is 0 Å². The van der Waals surface area contributed by atoms with Gasteiger partial charge in [-0.15, -0.1) is 0 Å². The summed E-state index contributed by atoms with van der Waals surface area (Å²) in [6, 6.07) is 9.10. The third-order valence-electron chi connectivity index (χ3n) is 11.4. The van der Waals surface area contributed by atoms with Crippen LogP contribution in [0.5, 0.6) is 0 Å². The summed E-state index contributed by atoms with van der Waals surface area (Å²) in [6.07, 6.45) is 10.3. The Hall–Kier alpha value is -1.27. The van der Waals surface area contributed by atoms with Gasteiger partial charge in [-0.2, -0.15) is 0 Å². The van der Waals surface area contributed by atoms with E-state index in [-0.39, 0.29) is 17.4 Å². The molecule has 0 amide bonds. The number of aliphatic hydroxyl groups excluding tert-OH is 1. The summed E-state index contributed by atoms with van der Waals surface area (Å²) in [4.78, 5) is 13.4. The number of piperidine rings is 2. The molecule has 6 aliphatic rings. The highest BCUT2D eigenvalue weighted by Gasteiger charge is 2.70. The van der Waals surface area contributed by atoms with Gasteiger partial charge in [-0.25, -0.2) is 0 Å². The van der Waals surface area contributed by atoms with Crippen LogP contribution < -0.4 is 5.32 Å². The van der Waals surface area contributed by atoms with Crippen molar-refractivity contribution in [2.45, 2.75) is 94.2 Å². The fourth-order valence-electron chi connectivity index (χ4n) is 9.77. The number of carbonyl (C=O) groups is 1. The quantitative estimate of drug-likeness (QED) is 0.485. The summed E-state index contributed by atoms with van der Waals surface area (Å²) in [5, 5.41) is 27.0. The lowest BCUT2D eigenvalue weighted by molar-refractivity contribution is -0.0110. The Bertz CT molecular complexity index is 951. The Labute approximate surface area is 196 Å². The molecule has 33 heavy (non-hydrogen) atoms. The van der Waals surface area contributed by atoms with Gasteiger partial charge in [-0.1, -0.05) is 37.6 Å². The standard InChI is InChI=1S/C28H38N2O3/c1-16(18-6-4-17(14-31)5-7-18)24-13-22(28(33)15-30(24)28)23-11-19-8-9-20-3-2-10-27(20)25(32)12-21(19)26(27)29-23/h4-7,14,16,19-26,29,32-33H,2-3,8-13,15H2,1H3/t16-,19-,20-,21-,22+,23-,24-,25+,26+,27-,28+,30?/m1/s1. The van der Waals surface area contributed by atoms with Crippen LogP contribution in [0.1, 0.15) is 80.1 Å². The van der Waals surface area contributed by atoms with Crippen molar-refractivity contribution in [3.63, 3.8) is 0 Å². The lowest BCUT2D eigenvalue weighted by Crippen LogP contribution is -2.59. The molecule has 3 aliphatic carbocycles. The van der Waals surface area contributed by atoms with Crippen LogP contribution in [-0.4, -0.2) is 57.9 Å². The van der Waals surface area contributed by atoms with Crippen LogP contribution in [0.25, 0.3) is 0 Å². The largest absolute Gasteiger partial charge is 0.392 e. The molecule has 5 heteroatoms. The molecule has 3 N–H and O–H groups in total. The Balaban J connectivity index is 1.15. The van der Waals surface area contributed by atoms with E-state index in [2.05, 4.69) is 29.3 Å². The molecule has 12 atom stereocenters. The number of aldehydes is 1. The second-order valence-corrected chi connectivity index (χ2v) is 12.4. The molecule has 7 rings (SSSR count). The first-order chi connectivity index (χ1) is 16.0.